The third kappa shape index (κ3) is 3.38. The lowest BCUT2D eigenvalue weighted by molar-refractivity contribution is 0.493. The van der Waals surface area contributed by atoms with E-state index in [1.807, 2.05) is 72.8 Å². The molecular weight excluding hydrogens is 569 g/mol. The van der Waals surface area contributed by atoms with Crippen molar-refractivity contribution in [2.75, 3.05) is 0 Å². The molecule has 0 spiro atoms. The quantitative estimate of drug-likeness (QED) is 0.179. The highest BCUT2D eigenvalue weighted by Gasteiger charge is 2.25. The topological polar surface area (TPSA) is 9.23 Å². The second-order valence-electron chi connectivity index (χ2n) is 12.1. The summed E-state index contributed by atoms with van der Waals surface area (Å²) in [6.45, 7) is 0. The zero-order valence-electron chi connectivity index (χ0n) is 33.7. The van der Waals surface area contributed by atoms with E-state index in [2.05, 4.69) is 30.3 Å². The molecule has 216 valence electrons. The smallest absolute Gasteiger partial charge is 0.143 e. The fraction of sp³-hybridized carbons (Fsp3) is 0. The van der Waals surface area contributed by atoms with Crippen LogP contribution in [0.25, 0.3) is 98.0 Å². The van der Waals surface area contributed by atoms with Crippen LogP contribution in [0.5, 0.6) is 11.5 Å². The molecule has 11 rings (SSSR count). The Morgan fingerprint density at radius 3 is 1.94 bits per heavy atom. The number of benzene rings is 10. The van der Waals surface area contributed by atoms with Crippen LogP contribution in [0, 0.1) is 0 Å². The van der Waals surface area contributed by atoms with Crippen molar-refractivity contribution in [1.82, 2.24) is 0 Å². The first-order valence-electron chi connectivity index (χ1n) is 20.0. The van der Waals surface area contributed by atoms with Gasteiger partial charge in [-0.25, -0.2) is 0 Å². The second-order valence-corrected chi connectivity index (χ2v) is 12.1. The molecule has 0 saturated heterocycles. The van der Waals surface area contributed by atoms with Gasteiger partial charge in [-0.05, 0) is 106 Å². The highest BCUT2D eigenvalue weighted by Crippen LogP contribution is 2.53. The Morgan fingerprint density at radius 2 is 1.06 bits per heavy atom. The monoisotopic (exact) mass is 603 g/mol. The fourth-order valence-electron chi connectivity index (χ4n) is 7.64. The first-order valence-corrected chi connectivity index (χ1v) is 15.5. The molecule has 0 aromatic heterocycles. The van der Waals surface area contributed by atoms with E-state index < -0.39 is 36.3 Å². The molecule has 0 unspecified atom stereocenters. The Hall–Kier alpha value is -6.18. The zero-order valence-corrected chi connectivity index (χ0v) is 24.7. The molecule has 0 saturated carbocycles. The van der Waals surface area contributed by atoms with Crippen molar-refractivity contribution in [2.24, 2.45) is 0 Å². The van der Waals surface area contributed by atoms with Gasteiger partial charge >= 0.3 is 0 Å². The van der Waals surface area contributed by atoms with Crippen LogP contribution in [0.2, 0.25) is 0 Å². The van der Waals surface area contributed by atoms with Crippen molar-refractivity contribution in [1.29, 1.82) is 0 Å². The number of hydrogen-bond donors (Lipinski definition) is 0. The fourth-order valence-corrected chi connectivity index (χ4v) is 7.64. The van der Waals surface area contributed by atoms with Crippen LogP contribution in [0.3, 0.4) is 0 Å². The predicted octanol–water partition coefficient (Wildman–Crippen LogP) is 13.2. The summed E-state index contributed by atoms with van der Waals surface area (Å²) in [4.78, 5) is 0. The summed E-state index contributed by atoms with van der Waals surface area (Å²) >= 11 is 0. The zero-order chi connectivity index (χ0) is 38.5. The lowest BCUT2D eigenvalue weighted by Crippen LogP contribution is -1.99. The molecule has 0 N–H and O–H groups in total. The third-order valence-corrected chi connectivity index (χ3v) is 9.66. The van der Waals surface area contributed by atoms with Crippen LogP contribution in [0.1, 0.15) is 12.3 Å². The van der Waals surface area contributed by atoms with Crippen molar-refractivity contribution >= 4 is 64.6 Å². The highest BCUT2D eigenvalue weighted by molar-refractivity contribution is 6.27. The molecule has 0 bridgehead atoms. The standard InChI is InChI=1S/C46H26O/c1-3-13-32-27(8-1)20-22-38(40-26-31-12-5-10-29-18-19-30-11-6-15-36(40)43(30)42(29)31)44(32)37-24-25-41-45-34(37)16-7-17-35(45)39-23-21-28-9-2-4-14-33(28)46(39)47-41/h1-26H/i5D,6D,10D,11D,12D,15D,18D,19D,26D. The summed E-state index contributed by atoms with van der Waals surface area (Å²) in [6.07, 6.45) is 0. The van der Waals surface area contributed by atoms with Gasteiger partial charge in [0.25, 0.3) is 0 Å². The highest BCUT2D eigenvalue weighted by atomic mass is 16.5. The van der Waals surface area contributed by atoms with Gasteiger partial charge in [-0.1, -0.05) is 133 Å². The molecule has 47 heavy (non-hydrogen) atoms. The lowest BCUT2D eigenvalue weighted by atomic mass is 9.83. The summed E-state index contributed by atoms with van der Waals surface area (Å²) in [6, 6.07) is 30.7. The number of rotatable bonds is 2. The first-order chi connectivity index (χ1) is 27.1. The van der Waals surface area contributed by atoms with Gasteiger partial charge in [0.2, 0.25) is 0 Å². The lowest BCUT2D eigenvalue weighted by Gasteiger charge is -2.25. The van der Waals surface area contributed by atoms with Crippen molar-refractivity contribution in [3.8, 4) is 44.9 Å². The van der Waals surface area contributed by atoms with Crippen molar-refractivity contribution in [3.63, 3.8) is 0 Å². The molecule has 10 aromatic carbocycles. The molecule has 0 radical (unpaired) electrons. The van der Waals surface area contributed by atoms with Gasteiger partial charge in [0.05, 0.1) is 12.3 Å². The molecule has 1 heteroatoms. The molecule has 1 nitrogen and oxygen atoms in total. The minimum atomic E-state index is -0.475. The predicted molar refractivity (Wildman–Crippen MR) is 199 cm³/mol. The second kappa shape index (κ2) is 9.19. The third-order valence-electron chi connectivity index (χ3n) is 9.66. The van der Waals surface area contributed by atoms with Crippen LogP contribution in [0.15, 0.2) is 158 Å². The minimum absolute atomic E-state index is 0.00627. The number of ether oxygens (including phenoxy) is 1. The van der Waals surface area contributed by atoms with Gasteiger partial charge in [-0.15, -0.1) is 0 Å². The summed E-state index contributed by atoms with van der Waals surface area (Å²) in [7, 11) is 0. The minimum Gasteiger partial charge on any atom is -0.455 e. The Bertz CT molecular complexity index is 3450. The Kier molecular flexibility index (Phi) is 3.54. The van der Waals surface area contributed by atoms with Crippen LogP contribution in [0.4, 0.5) is 0 Å². The van der Waals surface area contributed by atoms with Crippen molar-refractivity contribution in [2.45, 2.75) is 0 Å². The average Bonchev–Trinajstić information content (AvgIpc) is 3.21. The average molecular weight is 604 g/mol. The van der Waals surface area contributed by atoms with Crippen LogP contribution in [-0.4, -0.2) is 0 Å². The summed E-state index contributed by atoms with van der Waals surface area (Å²) in [5.74, 6) is 1.49. The maximum atomic E-state index is 9.88. The summed E-state index contributed by atoms with van der Waals surface area (Å²) in [5, 5.41) is 6.00. The number of hydrogen-bond acceptors (Lipinski definition) is 1. The maximum absolute atomic E-state index is 9.88. The van der Waals surface area contributed by atoms with Gasteiger partial charge in [0.1, 0.15) is 11.5 Å². The largest absolute Gasteiger partial charge is 0.455 e. The summed E-state index contributed by atoms with van der Waals surface area (Å²) < 4.78 is 88.4. The molecule has 0 atom stereocenters. The Morgan fingerprint density at radius 1 is 0.383 bits per heavy atom. The molecule has 0 fully saturated rings. The van der Waals surface area contributed by atoms with Crippen LogP contribution < -0.4 is 4.74 Å². The molecule has 0 aliphatic carbocycles. The SMILES string of the molecule is [2H]c1c([2H])c2c([2H])c([2H])c3c([2H])c([2H])c([2H])c4c(-c5ccc6ccccc6c5-c5ccc6c7c(cccc57)-c5ccc7ccccc7c5O6)c([2H])c(c1[2H])c2c34. The Labute approximate surface area is 283 Å². The molecule has 1 heterocycles. The molecule has 0 amide bonds. The van der Waals surface area contributed by atoms with E-state index in [-0.39, 0.29) is 56.0 Å². The van der Waals surface area contributed by atoms with Crippen molar-refractivity contribution in [3.05, 3.63) is 158 Å². The molecule has 10 aromatic rings. The first kappa shape index (κ1) is 18.1. The molecule has 1 aliphatic rings. The molecular formula is C46H26O. The van der Waals surface area contributed by atoms with E-state index in [4.69, 9.17) is 14.3 Å². The van der Waals surface area contributed by atoms with Gasteiger partial charge in [-0.3, -0.25) is 0 Å². The normalized spacial score (nSPS) is 15.1. The van der Waals surface area contributed by atoms with Crippen LogP contribution in [-0.2, 0) is 0 Å². The van der Waals surface area contributed by atoms with E-state index in [0.717, 1.165) is 60.3 Å². The van der Waals surface area contributed by atoms with E-state index >= 15 is 0 Å². The van der Waals surface area contributed by atoms with Crippen LogP contribution >= 0.6 is 0 Å². The van der Waals surface area contributed by atoms with Gasteiger partial charge in [-0.2, -0.15) is 0 Å². The van der Waals surface area contributed by atoms with Gasteiger partial charge < -0.3 is 4.74 Å². The maximum Gasteiger partial charge on any atom is 0.143 e. The van der Waals surface area contributed by atoms with Gasteiger partial charge in [0.15, 0.2) is 0 Å². The van der Waals surface area contributed by atoms with E-state index in [9.17, 15) is 2.74 Å². The van der Waals surface area contributed by atoms with E-state index in [0.29, 0.717) is 11.3 Å². The Balaban J connectivity index is 1.33. The number of fused-ring (bicyclic) bond motifs is 5. The van der Waals surface area contributed by atoms with Gasteiger partial charge in [0, 0.05) is 16.3 Å². The van der Waals surface area contributed by atoms with E-state index in [1.165, 1.54) is 0 Å². The van der Waals surface area contributed by atoms with E-state index in [1.54, 1.807) is 0 Å². The summed E-state index contributed by atoms with van der Waals surface area (Å²) in [5.41, 5.74) is 4.29. The molecule has 1 aliphatic heterocycles. The van der Waals surface area contributed by atoms with Crippen molar-refractivity contribution < 1.29 is 17.1 Å².